The second-order valence-electron chi connectivity index (χ2n) is 0.880. The van der Waals surface area contributed by atoms with Crippen LogP contribution in [0.4, 0.5) is 0 Å². The summed E-state index contributed by atoms with van der Waals surface area (Å²) in [6, 6.07) is 1.71. The van der Waals surface area contributed by atoms with Crippen LogP contribution in [0.5, 0.6) is 0 Å². The van der Waals surface area contributed by atoms with Crippen LogP contribution < -0.4 is 5.73 Å². The van der Waals surface area contributed by atoms with Gasteiger partial charge in [0.2, 0.25) is 0 Å². The Morgan fingerprint density at radius 1 is 2.00 bits per heavy atom. The molecule has 0 saturated carbocycles. The zero-order chi connectivity index (χ0) is 5.70. The van der Waals surface area contributed by atoms with Gasteiger partial charge >= 0.3 is 0 Å². The van der Waals surface area contributed by atoms with Crippen LogP contribution in [0.15, 0.2) is 12.0 Å². The summed E-state index contributed by atoms with van der Waals surface area (Å²) in [5.74, 6) is 0.141. The molecule has 0 aromatic carbocycles. The highest BCUT2D eigenvalue weighted by atomic mass is 16.5. The van der Waals surface area contributed by atoms with Gasteiger partial charge in [0.15, 0.2) is 5.88 Å². The average molecular weight is 98.1 g/mol. The molecule has 0 amide bonds. The van der Waals surface area contributed by atoms with E-state index in [0.29, 0.717) is 0 Å². The van der Waals surface area contributed by atoms with Gasteiger partial charge in [0, 0.05) is 0 Å². The van der Waals surface area contributed by atoms with Crippen LogP contribution in [0.1, 0.15) is 0 Å². The number of hydrogen-bond donors (Lipinski definition) is 1. The number of nitriles is 1. The van der Waals surface area contributed by atoms with E-state index in [4.69, 9.17) is 11.0 Å². The molecule has 0 aliphatic rings. The number of nitrogens with zero attached hydrogens (tertiary/aromatic N) is 1. The summed E-state index contributed by atoms with van der Waals surface area (Å²) in [7, 11) is 1.41. The zero-order valence-corrected chi connectivity index (χ0v) is 4.01. The Hall–Kier alpha value is -1.17. The van der Waals surface area contributed by atoms with Crippen molar-refractivity contribution in [1.82, 2.24) is 0 Å². The number of nitrogens with two attached hydrogens (primary N) is 1. The lowest BCUT2D eigenvalue weighted by Crippen LogP contribution is -1.97. The van der Waals surface area contributed by atoms with Gasteiger partial charge in [-0.25, -0.2) is 0 Å². The lowest BCUT2D eigenvalue weighted by molar-refractivity contribution is 0.288. The zero-order valence-electron chi connectivity index (χ0n) is 4.01. The van der Waals surface area contributed by atoms with Crippen LogP contribution in [0.3, 0.4) is 0 Å². The SMILES string of the molecule is COC(N)=CC#N. The summed E-state index contributed by atoms with van der Waals surface area (Å²) in [5, 5.41) is 7.88. The molecule has 0 aliphatic heterocycles. The first-order valence-corrected chi connectivity index (χ1v) is 1.70. The van der Waals surface area contributed by atoms with Crippen LogP contribution in [0.25, 0.3) is 0 Å². The van der Waals surface area contributed by atoms with Crippen LogP contribution in [0, 0.1) is 11.3 Å². The number of hydrogen-bond acceptors (Lipinski definition) is 3. The summed E-state index contributed by atoms with van der Waals surface area (Å²) < 4.78 is 4.41. The van der Waals surface area contributed by atoms with E-state index in [1.165, 1.54) is 7.11 Å². The van der Waals surface area contributed by atoms with Crippen molar-refractivity contribution in [2.45, 2.75) is 0 Å². The topological polar surface area (TPSA) is 59.0 Å². The Labute approximate surface area is 42.0 Å². The van der Waals surface area contributed by atoms with E-state index in [0.717, 1.165) is 6.08 Å². The molecule has 7 heavy (non-hydrogen) atoms. The van der Waals surface area contributed by atoms with Gasteiger partial charge in [-0.05, 0) is 0 Å². The predicted molar refractivity (Wildman–Crippen MR) is 24.9 cm³/mol. The molecule has 0 fully saturated rings. The summed E-state index contributed by atoms with van der Waals surface area (Å²) in [6.45, 7) is 0. The van der Waals surface area contributed by atoms with Crippen molar-refractivity contribution in [3.8, 4) is 6.07 Å². The van der Waals surface area contributed by atoms with Gasteiger partial charge in [-0.15, -0.1) is 0 Å². The van der Waals surface area contributed by atoms with Crippen molar-refractivity contribution < 1.29 is 4.74 Å². The van der Waals surface area contributed by atoms with Gasteiger partial charge in [0.25, 0.3) is 0 Å². The van der Waals surface area contributed by atoms with Crippen LogP contribution in [-0.2, 0) is 4.74 Å². The molecule has 0 bridgehead atoms. The maximum absolute atomic E-state index is 7.88. The van der Waals surface area contributed by atoms with Gasteiger partial charge in [-0.3, -0.25) is 0 Å². The van der Waals surface area contributed by atoms with E-state index in [2.05, 4.69) is 4.74 Å². The molecule has 38 valence electrons. The highest BCUT2D eigenvalue weighted by Gasteiger charge is 1.76. The minimum Gasteiger partial charge on any atom is -0.482 e. The first-order valence-electron chi connectivity index (χ1n) is 1.70. The van der Waals surface area contributed by atoms with Gasteiger partial charge in [-0.1, -0.05) is 0 Å². The average Bonchev–Trinajstić information content (AvgIpc) is 1.68. The van der Waals surface area contributed by atoms with Gasteiger partial charge in [-0.2, -0.15) is 5.26 Å². The smallest absolute Gasteiger partial charge is 0.194 e. The molecule has 0 aromatic heterocycles. The quantitative estimate of drug-likeness (QED) is 0.369. The van der Waals surface area contributed by atoms with E-state index in [9.17, 15) is 0 Å². The number of ether oxygens (including phenoxy) is 1. The number of allylic oxidation sites excluding steroid dienone is 1. The van der Waals surface area contributed by atoms with Crippen molar-refractivity contribution in [2.24, 2.45) is 5.73 Å². The normalized spacial score (nSPS) is 10.0. The van der Waals surface area contributed by atoms with Gasteiger partial charge < -0.3 is 10.5 Å². The molecule has 0 rings (SSSR count). The Balaban J connectivity index is 3.56. The van der Waals surface area contributed by atoms with Crippen molar-refractivity contribution in [1.29, 1.82) is 5.26 Å². The van der Waals surface area contributed by atoms with E-state index in [-0.39, 0.29) is 5.88 Å². The minimum atomic E-state index is 0.141. The second-order valence-corrected chi connectivity index (χ2v) is 0.880. The fraction of sp³-hybridized carbons (Fsp3) is 0.250. The largest absolute Gasteiger partial charge is 0.482 e. The molecule has 0 spiro atoms. The Bertz CT molecular complexity index is 111. The first kappa shape index (κ1) is 5.83. The summed E-state index contributed by atoms with van der Waals surface area (Å²) >= 11 is 0. The number of rotatable bonds is 1. The van der Waals surface area contributed by atoms with E-state index >= 15 is 0 Å². The molecule has 0 unspecified atom stereocenters. The minimum absolute atomic E-state index is 0.141. The molecule has 0 saturated heterocycles. The van der Waals surface area contributed by atoms with Gasteiger partial charge in [0.05, 0.1) is 19.3 Å². The van der Waals surface area contributed by atoms with E-state index < -0.39 is 0 Å². The van der Waals surface area contributed by atoms with Crippen LogP contribution >= 0.6 is 0 Å². The van der Waals surface area contributed by atoms with Crippen molar-refractivity contribution >= 4 is 0 Å². The first-order chi connectivity index (χ1) is 3.31. The molecule has 3 nitrogen and oxygen atoms in total. The lowest BCUT2D eigenvalue weighted by atomic mass is 10.6. The Kier molecular flexibility index (Phi) is 2.53. The predicted octanol–water partition coefficient (Wildman–Crippen LogP) is -0.0435. The van der Waals surface area contributed by atoms with Crippen molar-refractivity contribution in [3.05, 3.63) is 12.0 Å². The maximum Gasteiger partial charge on any atom is 0.194 e. The van der Waals surface area contributed by atoms with Crippen molar-refractivity contribution in [2.75, 3.05) is 7.11 Å². The van der Waals surface area contributed by atoms with Crippen LogP contribution in [-0.4, -0.2) is 7.11 Å². The van der Waals surface area contributed by atoms with E-state index in [1.54, 1.807) is 6.07 Å². The Morgan fingerprint density at radius 3 is 2.71 bits per heavy atom. The molecular formula is C4H6N2O. The summed E-state index contributed by atoms with van der Waals surface area (Å²) in [5.41, 5.74) is 5.00. The third kappa shape index (κ3) is 2.64. The monoisotopic (exact) mass is 98.0 g/mol. The number of methoxy groups -OCH3 is 1. The molecule has 0 aromatic rings. The fourth-order valence-electron chi connectivity index (χ4n) is 0.123. The standard InChI is InChI=1S/C4H6N2O/c1-7-4(6)2-3-5/h2H,6H2,1H3. The molecule has 3 heteroatoms. The second kappa shape index (κ2) is 3.04. The molecule has 0 heterocycles. The van der Waals surface area contributed by atoms with Crippen molar-refractivity contribution in [3.63, 3.8) is 0 Å². The fourth-order valence-corrected chi connectivity index (χ4v) is 0.123. The maximum atomic E-state index is 7.88. The molecule has 2 N–H and O–H groups in total. The van der Waals surface area contributed by atoms with Crippen LogP contribution in [0.2, 0.25) is 0 Å². The third-order valence-corrected chi connectivity index (χ3v) is 0.443. The third-order valence-electron chi connectivity index (χ3n) is 0.443. The molecule has 0 radical (unpaired) electrons. The van der Waals surface area contributed by atoms with E-state index in [1.807, 2.05) is 0 Å². The summed E-state index contributed by atoms with van der Waals surface area (Å²) in [4.78, 5) is 0. The molecule has 0 atom stereocenters. The lowest BCUT2D eigenvalue weighted by Gasteiger charge is -1.90. The highest BCUT2D eigenvalue weighted by molar-refractivity contribution is 5.04. The Morgan fingerprint density at radius 2 is 2.57 bits per heavy atom. The van der Waals surface area contributed by atoms with Gasteiger partial charge in [0.1, 0.15) is 0 Å². The molecule has 0 aliphatic carbocycles. The summed E-state index contributed by atoms with van der Waals surface area (Å²) in [6.07, 6.45) is 1.12. The molecular weight excluding hydrogens is 92.1 g/mol. The highest BCUT2D eigenvalue weighted by Crippen LogP contribution is 1.77.